The molecule has 24 heavy (non-hydrogen) atoms. The third kappa shape index (κ3) is 3.87. The van der Waals surface area contributed by atoms with Gasteiger partial charge >= 0.3 is 0 Å². The fraction of sp³-hybridized carbons (Fsp3) is 0.158. The monoisotopic (exact) mass is 323 g/mol. The lowest BCUT2D eigenvalue weighted by Gasteiger charge is -2.17. The number of carbonyl (C=O) groups excluding carboxylic acids is 1. The predicted octanol–water partition coefficient (Wildman–Crippen LogP) is 3.21. The van der Waals surface area contributed by atoms with Gasteiger partial charge in [0.25, 0.3) is 0 Å². The number of rotatable bonds is 5. The van der Waals surface area contributed by atoms with Crippen LogP contribution in [-0.2, 0) is 17.8 Å². The summed E-state index contributed by atoms with van der Waals surface area (Å²) in [7, 11) is 1.72. The summed E-state index contributed by atoms with van der Waals surface area (Å²) in [6, 6.07) is 16.0. The van der Waals surface area contributed by atoms with Crippen LogP contribution in [0.15, 0.2) is 67.0 Å². The normalized spacial score (nSPS) is 10.6. The zero-order valence-electron chi connectivity index (χ0n) is 13.4. The first-order valence-corrected chi connectivity index (χ1v) is 7.69. The second-order valence-electron chi connectivity index (χ2n) is 5.69. The van der Waals surface area contributed by atoms with Crippen LogP contribution in [0, 0.1) is 5.82 Å². The van der Waals surface area contributed by atoms with Gasteiger partial charge in [-0.25, -0.2) is 9.07 Å². The Bertz CT molecular complexity index is 829. The van der Waals surface area contributed by atoms with Crippen LogP contribution < -0.4 is 0 Å². The van der Waals surface area contributed by atoms with E-state index in [2.05, 4.69) is 5.10 Å². The summed E-state index contributed by atoms with van der Waals surface area (Å²) in [5.41, 5.74) is 2.56. The first kappa shape index (κ1) is 15.9. The minimum Gasteiger partial charge on any atom is -0.341 e. The molecule has 0 saturated heterocycles. The number of para-hydroxylation sites is 1. The minimum absolute atomic E-state index is 0.0353. The zero-order chi connectivity index (χ0) is 16.9. The van der Waals surface area contributed by atoms with Crippen LogP contribution in [0.3, 0.4) is 0 Å². The average Bonchev–Trinajstić information content (AvgIpc) is 3.04. The molecule has 0 spiro atoms. The Balaban J connectivity index is 1.63. The summed E-state index contributed by atoms with van der Waals surface area (Å²) in [5, 5.41) is 4.29. The van der Waals surface area contributed by atoms with Gasteiger partial charge in [-0.1, -0.05) is 30.3 Å². The van der Waals surface area contributed by atoms with Crippen molar-refractivity contribution in [3.8, 4) is 5.69 Å². The Hall–Kier alpha value is -2.95. The molecule has 0 N–H and O–H groups in total. The quantitative estimate of drug-likeness (QED) is 0.723. The number of likely N-dealkylation sites (N-methyl/N-ethyl adjacent to an activating group) is 1. The molecule has 4 nitrogen and oxygen atoms in total. The highest BCUT2D eigenvalue weighted by molar-refractivity contribution is 5.78. The van der Waals surface area contributed by atoms with Crippen molar-refractivity contribution in [1.29, 1.82) is 0 Å². The molecule has 0 aliphatic carbocycles. The number of halogens is 1. The molecule has 2 aromatic carbocycles. The van der Waals surface area contributed by atoms with Crippen molar-refractivity contribution in [2.75, 3.05) is 7.05 Å². The summed E-state index contributed by atoms with van der Waals surface area (Å²) in [6.45, 7) is 0.378. The first-order valence-electron chi connectivity index (χ1n) is 7.69. The number of benzene rings is 2. The van der Waals surface area contributed by atoms with E-state index in [1.165, 1.54) is 12.1 Å². The molecule has 0 unspecified atom stereocenters. The van der Waals surface area contributed by atoms with Crippen molar-refractivity contribution >= 4 is 5.91 Å². The van der Waals surface area contributed by atoms with Gasteiger partial charge in [-0.2, -0.15) is 5.10 Å². The second-order valence-corrected chi connectivity index (χ2v) is 5.69. The molecule has 0 bridgehead atoms. The third-order valence-corrected chi connectivity index (χ3v) is 3.75. The number of amides is 1. The highest BCUT2D eigenvalue weighted by Gasteiger charge is 2.12. The molecule has 0 aliphatic heterocycles. The van der Waals surface area contributed by atoms with Crippen LogP contribution >= 0.6 is 0 Å². The van der Waals surface area contributed by atoms with Crippen LogP contribution in [0.5, 0.6) is 0 Å². The molecule has 1 heterocycles. The van der Waals surface area contributed by atoms with E-state index in [9.17, 15) is 9.18 Å². The van der Waals surface area contributed by atoms with Crippen LogP contribution in [0.2, 0.25) is 0 Å². The Morgan fingerprint density at radius 1 is 1.12 bits per heavy atom. The van der Waals surface area contributed by atoms with Gasteiger partial charge in [0.05, 0.1) is 18.3 Å². The average molecular weight is 323 g/mol. The number of hydrogen-bond acceptors (Lipinski definition) is 2. The molecule has 5 heteroatoms. The molecule has 3 aromatic rings. The lowest BCUT2D eigenvalue weighted by Crippen LogP contribution is -2.27. The molecule has 0 fully saturated rings. The van der Waals surface area contributed by atoms with Crippen molar-refractivity contribution < 1.29 is 9.18 Å². The van der Waals surface area contributed by atoms with E-state index in [0.717, 1.165) is 16.8 Å². The molecular weight excluding hydrogens is 305 g/mol. The third-order valence-electron chi connectivity index (χ3n) is 3.75. The number of hydrogen-bond donors (Lipinski definition) is 0. The van der Waals surface area contributed by atoms with E-state index in [0.29, 0.717) is 6.54 Å². The van der Waals surface area contributed by atoms with Gasteiger partial charge in [0, 0.05) is 19.8 Å². The lowest BCUT2D eigenvalue weighted by molar-refractivity contribution is -0.129. The topological polar surface area (TPSA) is 38.1 Å². The van der Waals surface area contributed by atoms with E-state index < -0.39 is 0 Å². The molecule has 1 aromatic heterocycles. The fourth-order valence-corrected chi connectivity index (χ4v) is 2.48. The Labute approximate surface area is 140 Å². The summed E-state index contributed by atoms with van der Waals surface area (Å²) < 4.78 is 15.0. The molecular formula is C19H18FN3O. The van der Waals surface area contributed by atoms with Crippen molar-refractivity contribution in [2.45, 2.75) is 13.0 Å². The highest BCUT2D eigenvalue weighted by atomic mass is 19.1. The zero-order valence-corrected chi connectivity index (χ0v) is 13.4. The maximum atomic E-state index is 13.2. The molecule has 0 radical (unpaired) electrons. The summed E-state index contributed by atoms with van der Waals surface area (Å²) in [6.07, 6.45) is 3.81. The Morgan fingerprint density at radius 2 is 1.92 bits per heavy atom. The van der Waals surface area contributed by atoms with Gasteiger partial charge in [0.2, 0.25) is 5.91 Å². The molecule has 3 rings (SSSR count). The van der Waals surface area contributed by atoms with Gasteiger partial charge in [-0.3, -0.25) is 4.79 Å². The molecule has 0 saturated carbocycles. The summed E-state index contributed by atoms with van der Waals surface area (Å²) in [4.78, 5) is 13.9. The van der Waals surface area contributed by atoms with Crippen molar-refractivity contribution in [2.24, 2.45) is 0 Å². The van der Waals surface area contributed by atoms with Crippen molar-refractivity contribution in [3.05, 3.63) is 83.9 Å². The van der Waals surface area contributed by atoms with E-state index in [1.54, 1.807) is 35.0 Å². The van der Waals surface area contributed by atoms with Crippen molar-refractivity contribution in [3.63, 3.8) is 0 Å². The summed E-state index contributed by atoms with van der Waals surface area (Å²) >= 11 is 0. The van der Waals surface area contributed by atoms with Gasteiger partial charge in [0.1, 0.15) is 5.82 Å². The maximum absolute atomic E-state index is 13.2. The molecule has 122 valence electrons. The lowest BCUT2D eigenvalue weighted by atomic mass is 10.2. The SMILES string of the molecule is CN(Cc1cccc(F)c1)C(=O)Cc1cnn(-c2ccccc2)c1. The largest absolute Gasteiger partial charge is 0.341 e. The molecule has 0 atom stereocenters. The van der Waals surface area contributed by atoms with Gasteiger partial charge < -0.3 is 4.90 Å². The van der Waals surface area contributed by atoms with Crippen molar-refractivity contribution in [1.82, 2.24) is 14.7 Å². The van der Waals surface area contributed by atoms with Crippen LogP contribution in [0.25, 0.3) is 5.69 Å². The van der Waals surface area contributed by atoms with Crippen LogP contribution in [-0.4, -0.2) is 27.6 Å². The number of aromatic nitrogens is 2. The van der Waals surface area contributed by atoms with Crippen LogP contribution in [0.1, 0.15) is 11.1 Å². The van der Waals surface area contributed by atoms with E-state index >= 15 is 0 Å². The van der Waals surface area contributed by atoms with E-state index in [4.69, 9.17) is 0 Å². The Kier molecular flexibility index (Phi) is 4.70. The number of nitrogens with zero attached hydrogens (tertiary/aromatic N) is 3. The predicted molar refractivity (Wildman–Crippen MR) is 90.1 cm³/mol. The molecule has 0 aliphatic rings. The van der Waals surface area contributed by atoms with E-state index in [-0.39, 0.29) is 18.1 Å². The van der Waals surface area contributed by atoms with Gasteiger partial charge in [0.15, 0.2) is 0 Å². The number of carbonyl (C=O) groups is 1. The highest BCUT2D eigenvalue weighted by Crippen LogP contribution is 2.11. The van der Waals surface area contributed by atoms with E-state index in [1.807, 2.05) is 36.5 Å². The van der Waals surface area contributed by atoms with Gasteiger partial charge in [-0.05, 0) is 35.4 Å². The Morgan fingerprint density at radius 3 is 2.67 bits per heavy atom. The standard InChI is InChI=1S/C19H18FN3O/c1-22(13-15-6-5-7-17(20)10-15)19(24)11-16-12-21-23(14-16)18-8-3-2-4-9-18/h2-10,12,14H,11,13H2,1H3. The second kappa shape index (κ2) is 7.08. The summed E-state index contributed by atoms with van der Waals surface area (Å²) in [5.74, 6) is -0.329. The fourth-order valence-electron chi connectivity index (χ4n) is 2.48. The maximum Gasteiger partial charge on any atom is 0.227 e. The van der Waals surface area contributed by atoms with Crippen LogP contribution in [0.4, 0.5) is 4.39 Å². The smallest absolute Gasteiger partial charge is 0.227 e. The van der Waals surface area contributed by atoms with Gasteiger partial charge in [-0.15, -0.1) is 0 Å². The minimum atomic E-state index is -0.294. The molecule has 1 amide bonds. The first-order chi connectivity index (χ1) is 11.6.